The minimum absolute atomic E-state index is 0.0556. The smallest absolute Gasteiger partial charge is 0.268 e. The fraction of sp³-hybridized carbons (Fsp3) is 0.200. The van der Waals surface area contributed by atoms with Gasteiger partial charge < -0.3 is 10.6 Å². The Labute approximate surface area is 172 Å². The third-order valence-corrected chi connectivity index (χ3v) is 6.57. The molecule has 3 rings (SSSR count). The van der Waals surface area contributed by atoms with Gasteiger partial charge in [0, 0.05) is 16.1 Å². The van der Waals surface area contributed by atoms with Gasteiger partial charge in [-0.3, -0.25) is 9.59 Å². The highest BCUT2D eigenvalue weighted by atomic mass is 79.9. The molecule has 2 amide bonds. The summed E-state index contributed by atoms with van der Waals surface area (Å²) in [5.41, 5.74) is 1.20. The van der Waals surface area contributed by atoms with Gasteiger partial charge in [0.05, 0.1) is 11.5 Å². The Bertz CT molecular complexity index is 1000. The van der Waals surface area contributed by atoms with Crippen LogP contribution in [0.25, 0.3) is 6.08 Å². The van der Waals surface area contributed by atoms with Crippen LogP contribution in [0, 0.1) is 0 Å². The number of carbonyl (C=O) groups is 2. The number of hydrogen-bond donors (Lipinski definition) is 2. The molecule has 1 fully saturated rings. The highest BCUT2D eigenvalue weighted by Crippen LogP contribution is 2.15. The van der Waals surface area contributed by atoms with Crippen LogP contribution in [0.5, 0.6) is 0 Å². The largest absolute Gasteiger partial charge is 0.347 e. The van der Waals surface area contributed by atoms with Crippen molar-refractivity contribution in [3.8, 4) is 0 Å². The van der Waals surface area contributed by atoms with E-state index in [4.69, 9.17) is 0 Å². The second-order valence-corrected chi connectivity index (χ2v) is 9.65. The van der Waals surface area contributed by atoms with E-state index in [0.29, 0.717) is 12.0 Å². The molecule has 1 atom stereocenters. The Balaban J connectivity index is 1.82. The summed E-state index contributed by atoms with van der Waals surface area (Å²) in [6.07, 6.45) is 1.93. The molecule has 1 aliphatic rings. The second-order valence-electron chi connectivity index (χ2n) is 6.50. The Morgan fingerprint density at radius 2 is 1.71 bits per heavy atom. The van der Waals surface area contributed by atoms with E-state index in [9.17, 15) is 18.0 Å². The van der Waals surface area contributed by atoms with E-state index in [2.05, 4.69) is 26.6 Å². The van der Waals surface area contributed by atoms with E-state index in [0.717, 1.165) is 10.0 Å². The summed E-state index contributed by atoms with van der Waals surface area (Å²) >= 11 is 3.35. The number of hydrogen-bond acceptors (Lipinski definition) is 4. The molecule has 0 aliphatic carbocycles. The van der Waals surface area contributed by atoms with Crippen LogP contribution in [0.4, 0.5) is 0 Å². The lowest BCUT2D eigenvalue weighted by Gasteiger charge is -2.14. The van der Waals surface area contributed by atoms with Gasteiger partial charge in [0.2, 0.25) is 0 Å². The highest BCUT2D eigenvalue weighted by molar-refractivity contribution is 9.10. The average molecular weight is 463 g/mol. The predicted molar refractivity (Wildman–Crippen MR) is 111 cm³/mol. The first-order valence-corrected chi connectivity index (χ1v) is 11.3. The lowest BCUT2D eigenvalue weighted by atomic mass is 10.1. The van der Waals surface area contributed by atoms with Gasteiger partial charge >= 0.3 is 0 Å². The van der Waals surface area contributed by atoms with Crippen LogP contribution in [0.15, 0.2) is 64.8 Å². The minimum Gasteiger partial charge on any atom is -0.347 e. The summed E-state index contributed by atoms with van der Waals surface area (Å²) in [6.45, 7) is 0. The number of sulfone groups is 1. The SMILES string of the molecule is O=C(NC1CCS(=O)(=O)C1)/C(=C/c1ccc(Br)cc1)NC(=O)c1ccccc1. The zero-order valence-corrected chi connectivity index (χ0v) is 17.3. The molecule has 8 heteroatoms. The minimum atomic E-state index is -3.12. The summed E-state index contributed by atoms with van der Waals surface area (Å²) in [7, 11) is -3.12. The van der Waals surface area contributed by atoms with Crippen LogP contribution in [0.3, 0.4) is 0 Å². The van der Waals surface area contributed by atoms with E-state index in [1.54, 1.807) is 48.5 Å². The topological polar surface area (TPSA) is 92.3 Å². The van der Waals surface area contributed by atoms with Gasteiger partial charge in [-0.25, -0.2) is 8.42 Å². The molecule has 0 bridgehead atoms. The standard InChI is InChI=1S/C20H19BrN2O4S/c21-16-8-6-14(7-9-16)12-18(23-19(24)15-4-2-1-3-5-15)20(25)22-17-10-11-28(26,27)13-17/h1-9,12,17H,10-11,13H2,(H,22,25)(H,23,24)/b18-12-. The second kappa shape index (κ2) is 8.70. The fourth-order valence-corrected chi connectivity index (χ4v) is 4.78. The van der Waals surface area contributed by atoms with Crippen LogP contribution in [-0.2, 0) is 14.6 Å². The molecule has 0 spiro atoms. The monoisotopic (exact) mass is 462 g/mol. The van der Waals surface area contributed by atoms with Gasteiger partial charge in [0.1, 0.15) is 5.70 Å². The van der Waals surface area contributed by atoms with E-state index in [1.807, 2.05) is 12.1 Å². The maximum Gasteiger partial charge on any atom is 0.268 e. The van der Waals surface area contributed by atoms with E-state index >= 15 is 0 Å². The summed E-state index contributed by atoms with van der Waals surface area (Å²) in [5, 5.41) is 5.35. The molecule has 2 N–H and O–H groups in total. The fourth-order valence-electron chi connectivity index (χ4n) is 2.84. The number of halogens is 1. The van der Waals surface area contributed by atoms with E-state index < -0.39 is 27.7 Å². The molecule has 28 heavy (non-hydrogen) atoms. The van der Waals surface area contributed by atoms with Crippen molar-refractivity contribution in [1.29, 1.82) is 0 Å². The van der Waals surface area contributed by atoms with Gasteiger partial charge in [-0.05, 0) is 42.3 Å². The first kappa shape index (κ1) is 20.3. The first-order chi connectivity index (χ1) is 13.3. The zero-order chi connectivity index (χ0) is 20.1. The Morgan fingerprint density at radius 3 is 2.32 bits per heavy atom. The number of carbonyl (C=O) groups excluding carboxylic acids is 2. The normalized spacial score (nSPS) is 18.5. The van der Waals surface area contributed by atoms with Crippen molar-refractivity contribution in [1.82, 2.24) is 10.6 Å². The van der Waals surface area contributed by atoms with Crippen molar-refractivity contribution in [2.75, 3.05) is 11.5 Å². The maximum absolute atomic E-state index is 12.8. The molecule has 1 unspecified atom stereocenters. The quantitative estimate of drug-likeness (QED) is 0.667. The molecule has 146 valence electrons. The summed E-state index contributed by atoms with van der Waals surface area (Å²) in [5.74, 6) is -0.968. The average Bonchev–Trinajstić information content (AvgIpc) is 3.01. The van der Waals surface area contributed by atoms with Crippen LogP contribution in [-0.4, -0.2) is 37.8 Å². The van der Waals surface area contributed by atoms with E-state index in [-0.39, 0.29) is 17.2 Å². The molecular formula is C20H19BrN2O4S. The molecule has 2 aromatic rings. The molecule has 0 radical (unpaired) electrons. The van der Waals surface area contributed by atoms with Gasteiger partial charge in [-0.2, -0.15) is 0 Å². The predicted octanol–water partition coefficient (Wildman–Crippen LogP) is 2.52. The lowest BCUT2D eigenvalue weighted by Crippen LogP contribution is -2.41. The molecule has 1 heterocycles. The van der Waals surface area contributed by atoms with Crippen molar-refractivity contribution >= 4 is 43.7 Å². The maximum atomic E-state index is 12.8. The first-order valence-electron chi connectivity index (χ1n) is 8.67. The number of amides is 2. The third-order valence-electron chi connectivity index (χ3n) is 4.28. The number of nitrogens with one attached hydrogen (secondary N) is 2. The summed E-state index contributed by atoms with van der Waals surface area (Å²) < 4.78 is 24.2. The molecular weight excluding hydrogens is 444 g/mol. The summed E-state index contributed by atoms with van der Waals surface area (Å²) in [6, 6.07) is 15.3. The van der Waals surface area contributed by atoms with Crippen LogP contribution in [0.1, 0.15) is 22.3 Å². The van der Waals surface area contributed by atoms with Crippen LogP contribution in [0.2, 0.25) is 0 Å². The number of benzene rings is 2. The van der Waals surface area contributed by atoms with Gasteiger partial charge in [-0.1, -0.05) is 46.3 Å². The lowest BCUT2D eigenvalue weighted by molar-refractivity contribution is -0.118. The molecule has 1 saturated heterocycles. The van der Waals surface area contributed by atoms with Gasteiger partial charge in [0.25, 0.3) is 11.8 Å². The highest BCUT2D eigenvalue weighted by Gasteiger charge is 2.29. The van der Waals surface area contributed by atoms with Gasteiger partial charge in [-0.15, -0.1) is 0 Å². The van der Waals surface area contributed by atoms with Crippen molar-refractivity contribution in [3.63, 3.8) is 0 Å². The third kappa shape index (κ3) is 5.53. The zero-order valence-electron chi connectivity index (χ0n) is 14.9. The van der Waals surface area contributed by atoms with E-state index in [1.165, 1.54) is 0 Å². The van der Waals surface area contributed by atoms with Crippen LogP contribution >= 0.6 is 15.9 Å². The van der Waals surface area contributed by atoms with Crippen molar-refractivity contribution in [2.24, 2.45) is 0 Å². The number of rotatable bonds is 5. The molecule has 2 aromatic carbocycles. The van der Waals surface area contributed by atoms with Crippen LogP contribution < -0.4 is 10.6 Å². The molecule has 0 saturated carbocycles. The Hall–Kier alpha value is -2.45. The Kier molecular flexibility index (Phi) is 6.31. The molecule has 6 nitrogen and oxygen atoms in total. The molecule has 0 aromatic heterocycles. The van der Waals surface area contributed by atoms with Crippen molar-refractivity contribution in [2.45, 2.75) is 12.5 Å². The Morgan fingerprint density at radius 1 is 1.04 bits per heavy atom. The summed E-state index contributed by atoms with van der Waals surface area (Å²) in [4.78, 5) is 25.3. The van der Waals surface area contributed by atoms with Crippen molar-refractivity contribution in [3.05, 3.63) is 75.9 Å². The molecule has 1 aliphatic heterocycles. The van der Waals surface area contributed by atoms with Crippen molar-refractivity contribution < 1.29 is 18.0 Å². The van der Waals surface area contributed by atoms with Gasteiger partial charge in [0.15, 0.2) is 9.84 Å².